The largest absolute Gasteiger partial charge is 0.494 e. The number of rotatable bonds is 1. The summed E-state index contributed by atoms with van der Waals surface area (Å²) in [5.41, 5.74) is 1.82. The Balaban J connectivity index is 2.69. The van der Waals surface area contributed by atoms with Crippen molar-refractivity contribution in [2.45, 2.75) is 26.2 Å². The van der Waals surface area contributed by atoms with Gasteiger partial charge in [0.15, 0.2) is 11.8 Å². The summed E-state index contributed by atoms with van der Waals surface area (Å²) in [6.45, 7) is 6.30. The van der Waals surface area contributed by atoms with Crippen LogP contribution in [-0.4, -0.2) is 14.8 Å². The maximum atomic E-state index is 9.78. The molecule has 1 aromatic carbocycles. The summed E-state index contributed by atoms with van der Waals surface area (Å²) >= 11 is 0. The molecule has 0 bridgehead atoms. The molecule has 1 heterocycles. The molecular formula is C14H17NO2. The molecule has 2 aromatic rings. The fourth-order valence-corrected chi connectivity index (χ4v) is 1.97. The maximum Gasteiger partial charge on any atom is 0.198 e. The van der Waals surface area contributed by atoms with Crippen molar-refractivity contribution >= 4 is 0 Å². The molecule has 0 fully saturated rings. The van der Waals surface area contributed by atoms with Gasteiger partial charge in [0.05, 0.1) is 5.69 Å². The molecule has 0 aliphatic carbocycles. The van der Waals surface area contributed by atoms with Crippen LogP contribution in [0.1, 0.15) is 26.3 Å². The van der Waals surface area contributed by atoms with Gasteiger partial charge in [0, 0.05) is 12.1 Å². The van der Waals surface area contributed by atoms with Crippen LogP contribution in [0.4, 0.5) is 0 Å². The highest BCUT2D eigenvalue weighted by Gasteiger charge is 2.20. The van der Waals surface area contributed by atoms with Gasteiger partial charge in [-0.15, -0.1) is 0 Å². The van der Waals surface area contributed by atoms with Crippen LogP contribution in [0.3, 0.4) is 0 Å². The molecule has 0 saturated carbocycles. The Hall–Kier alpha value is -1.90. The van der Waals surface area contributed by atoms with Crippen molar-refractivity contribution in [1.82, 2.24) is 4.57 Å². The van der Waals surface area contributed by atoms with Gasteiger partial charge in [-0.3, -0.25) is 4.57 Å². The summed E-state index contributed by atoms with van der Waals surface area (Å²) in [6, 6.07) is 10.7. The first-order chi connectivity index (χ1) is 7.91. The fraction of sp³-hybridized carbons (Fsp3) is 0.286. The second kappa shape index (κ2) is 3.84. The van der Waals surface area contributed by atoms with E-state index in [9.17, 15) is 10.2 Å². The van der Waals surface area contributed by atoms with Crippen molar-refractivity contribution in [3.63, 3.8) is 0 Å². The lowest BCUT2D eigenvalue weighted by Crippen LogP contribution is -2.14. The average molecular weight is 231 g/mol. The van der Waals surface area contributed by atoms with E-state index in [2.05, 4.69) is 20.8 Å². The van der Waals surface area contributed by atoms with Crippen LogP contribution in [-0.2, 0) is 5.41 Å². The third kappa shape index (κ3) is 2.00. The van der Waals surface area contributed by atoms with Crippen LogP contribution < -0.4 is 0 Å². The van der Waals surface area contributed by atoms with Crippen molar-refractivity contribution in [2.75, 3.05) is 0 Å². The van der Waals surface area contributed by atoms with E-state index in [1.807, 2.05) is 24.3 Å². The zero-order valence-electron chi connectivity index (χ0n) is 10.3. The Labute approximate surface area is 101 Å². The van der Waals surface area contributed by atoms with E-state index in [0.717, 1.165) is 11.3 Å². The molecule has 1 aromatic heterocycles. The highest BCUT2D eigenvalue weighted by atomic mass is 16.3. The van der Waals surface area contributed by atoms with E-state index in [0.29, 0.717) is 0 Å². The van der Waals surface area contributed by atoms with Gasteiger partial charge in [-0.2, -0.15) is 0 Å². The highest BCUT2D eigenvalue weighted by molar-refractivity contribution is 5.50. The number of benzene rings is 1. The van der Waals surface area contributed by atoms with Crippen LogP contribution in [0.15, 0.2) is 36.4 Å². The summed E-state index contributed by atoms with van der Waals surface area (Å²) in [5.74, 6) is 0.0819. The predicted molar refractivity (Wildman–Crippen MR) is 67.8 cm³/mol. The van der Waals surface area contributed by atoms with Gasteiger partial charge >= 0.3 is 0 Å². The van der Waals surface area contributed by atoms with Crippen molar-refractivity contribution in [1.29, 1.82) is 0 Å². The number of aromatic hydroxyl groups is 2. The SMILES string of the molecule is CC(C)(C)c1ccccc1-n1c(O)ccc1O. The molecule has 0 spiro atoms. The van der Waals surface area contributed by atoms with E-state index >= 15 is 0 Å². The molecule has 3 heteroatoms. The number of nitrogens with zero attached hydrogens (tertiary/aromatic N) is 1. The van der Waals surface area contributed by atoms with Crippen LogP contribution in [0, 0.1) is 0 Å². The van der Waals surface area contributed by atoms with Crippen LogP contribution in [0.2, 0.25) is 0 Å². The molecule has 17 heavy (non-hydrogen) atoms. The van der Waals surface area contributed by atoms with Crippen molar-refractivity contribution in [3.8, 4) is 17.4 Å². The topological polar surface area (TPSA) is 45.4 Å². The molecule has 2 rings (SSSR count). The molecule has 0 radical (unpaired) electrons. The van der Waals surface area contributed by atoms with Crippen molar-refractivity contribution in [3.05, 3.63) is 42.0 Å². The molecule has 0 atom stereocenters. The Kier molecular flexibility index (Phi) is 2.62. The lowest BCUT2D eigenvalue weighted by molar-refractivity contribution is 0.401. The third-order valence-electron chi connectivity index (χ3n) is 2.79. The van der Waals surface area contributed by atoms with E-state index in [-0.39, 0.29) is 17.2 Å². The summed E-state index contributed by atoms with van der Waals surface area (Å²) in [6.07, 6.45) is 0. The Morgan fingerprint density at radius 3 is 1.94 bits per heavy atom. The summed E-state index contributed by atoms with van der Waals surface area (Å²) in [4.78, 5) is 0. The van der Waals surface area contributed by atoms with Crippen molar-refractivity contribution in [2.24, 2.45) is 0 Å². The zero-order valence-corrected chi connectivity index (χ0v) is 10.3. The van der Waals surface area contributed by atoms with Crippen molar-refractivity contribution < 1.29 is 10.2 Å². The lowest BCUT2D eigenvalue weighted by Gasteiger charge is -2.23. The van der Waals surface area contributed by atoms with E-state index < -0.39 is 0 Å². The standard InChI is InChI=1S/C14H17NO2/c1-14(2,3)10-6-4-5-7-11(10)15-12(16)8-9-13(15)17/h4-9,16-17H,1-3H3. The lowest BCUT2D eigenvalue weighted by atomic mass is 9.86. The second-order valence-corrected chi connectivity index (χ2v) is 5.15. The Morgan fingerprint density at radius 1 is 0.882 bits per heavy atom. The minimum Gasteiger partial charge on any atom is -0.494 e. The molecule has 2 N–H and O–H groups in total. The van der Waals surface area contributed by atoms with E-state index in [4.69, 9.17) is 0 Å². The molecule has 90 valence electrons. The molecule has 0 aliphatic heterocycles. The monoisotopic (exact) mass is 231 g/mol. The van der Waals surface area contributed by atoms with Gasteiger partial charge in [0.25, 0.3) is 0 Å². The fourth-order valence-electron chi connectivity index (χ4n) is 1.97. The molecule has 0 aliphatic rings. The van der Waals surface area contributed by atoms with Crippen LogP contribution in [0.25, 0.3) is 5.69 Å². The van der Waals surface area contributed by atoms with Gasteiger partial charge in [0.2, 0.25) is 0 Å². The molecule has 0 amide bonds. The van der Waals surface area contributed by atoms with Crippen LogP contribution >= 0.6 is 0 Å². The number of para-hydroxylation sites is 1. The quantitative estimate of drug-likeness (QED) is 0.791. The van der Waals surface area contributed by atoms with Gasteiger partial charge in [0.1, 0.15) is 0 Å². The van der Waals surface area contributed by atoms with E-state index in [1.165, 1.54) is 16.7 Å². The van der Waals surface area contributed by atoms with Gasteiger partial charge in [-0.25, -0.2) is 0 Å². The normalized spacial score (nSPS) is 11.7. The van der Waals surface area contributed by atoms with Gasteiger partial charge < -0.3 is 10.2 Å². The first-order valence-electron chi connectivity index (χ1n) is 5.61. The first kappa shape index (κ1) is 11.6. The predicted octanol–water partition coefficient (Wildman–Crippen LogP) is 3.19. The molecule has 0 saturated heterocycles. The minimum atomic E-state index is -0.0558. The maximum absolute atomic E-state index is 9.78. The Bertz CT molecular complexity index is 516. The zero-order chi connectivity index (χ0) is 12.6. The van der Waals surface area contributed by atoms with Gasteiger partial charge in [-0.05, 0) is 17.0 Å². The third-order valence-corrected chi connectivity index (χ3v) is 2.79. The number of hydrogen-bond acceptors (Lipinski definition) is 2. The number of hydrogen-bond donors (Lipinski definition) is 2. The second-order valence-electron chi connectivity index (χ2n) is 5.15. The summed E-state index contributed by atoms with van der Waals surface area (Å²) < 4.78 is 1.45. The van der Waals surface area contributed by atoms with Crippen LogP contribution in [0.5, 0.6) is 11.8 Å². The minimum absolute atomic E-state index is 0.0409. The Morgan fingerprint density at radius 2 is 1.41 bits per heavy atom. The molecule has 0 unspecified atom stereocenters. The smallest absolute Gasteiger partial charge is 0.198 e. The summed E-state index contributed by atoms with van der Waals surface area (Å²) in [7, 11) is 0. The first-order valence-corrected chi connectivity index (χ1v) is 5.61. The number of aromatic nitrogens is 1. The molecule has 3 nitrogen and oxygen atoms in total. The average Bonchev–Trinajstić information content (AvgIpc) is 2.57. The van der Waals surface area contributed by atoms with E-state index in [1.54, 1.807) is 0 Å². The molecular weight excluding hydrogens is 214 g/mol. The van der Waals surface area contributed by atoms with Gasteiger partial charge in [-0.1, -0.05) is 39.0 Å². The highest BCUT2D eigenvalue weighted by Crippen LogP contribution is 2.33. The summed E-state index contributed by atoms with van der Waals surface area (Å²) in [5, 5.41) is 19.6.